The Morgan fingerprint density at radius 3 is 2.88 bits per heavy atom. The predicted molar refractivity (Wildman–Crippen MR) is 81.6 cm³/mol. The van der Waals surface area contributed by atoms with Crippen LogP contribution in [0.25, 0.3) is 0 Å². The first-order valence-corrected chi connectivity index (χ1v) is 7.63. The third-order valence-electron chi connectivity index (χ3n) is 4.23. The quantitative estimate of drug-likeness (QED) is 0.783. The van der Waals surface area contributed by atoms with Gasteiger partial charge in [0, 0.05) is 25.7 Å². The van der Waals surface area contributed by atoms with E-state index in [0.717, 1.165) is 0 Å². The summed E-state index contributed by atoms with van der Waals surface area (Å²) in [7, 11) is 0. The SMILES string of the molecule is C=CCCc1noc(C2(C(F)(F)F)CCN(c3ccccn3)C2)n1. The zero-order valence-corrected chi connectivity index (χ0v) is 13.0. The molecule has 0 radical (unpaired) electrons. The second-order valence-corrected chi connectivity index (χ2v) is 5.78. The van der Waals surface area contributed by atoms with E-state index in [1.54, 1.807) is 35.4 Å². The van der Waals surface area contributed by atoms with Gasteiger partial charge in [0.25, 0.3) is 0 Å². The summed E-state index contributed by atoms with van der Waals surface area (Å²) < 4.78 is 46.6. The molecule has 1 saturated heterocycles. The molecular weight excluding hydrogens is 321 g/mol. The summed E-state index contributed by atoms with van der Waals surface area (Å²) in [6.45, 7) is 3.52. The van der Waals surface area contributed by atoms with Gasteiger partial charge in [0.1, 0.15) is 5.82 Å². The van der Waals surface area contributed by atoms with Gasteiger partial charge >= 0.3 is 6.18 Å². The van der Waals surface area contributed by atoms with Crippen molar-refractivity contribution in [2.75, 3.05) is 18.0 Å². The number of alkyl halides is 3. The van der Waals surface area contributed by atoms with Crippen molar-refractivity contribution < 1.29 is 17.7 Å². The van der Waals surface area contributed by atoms with Crippen LogP contribution in [0.4, 0.5) is 19.0 Å². The Hall–Kier alpha value is -2.38. The first-order valence-electron chi connectivity index (χ1n) is 7.63. The van der Waals surface area contributed by atoms with E-state index in [1.807, 2.05) is 0 Å². The molecular formula is C16H17F3N4O. The summed E-state index contributed by atoms with van der Waals surface area (Å²) >= 11 is 0. The number of pyridine rings is 1. The highest BCUT2D eigenvalue weighted by Crippen LogP contribution is 2.47. The Bertz CT molecular complexity index is 701. The van der Waals surface area contributed by atoms with E-state index < -0.39 is 11.6 Å². The van der Waals surface area contributed by atoms with E-state index in [9.17, 15) is 13.2 Å². The van der Waals surface area contributed by atoms with Crippen LogP contribution in [0.2, 0.25) is 0 Å². The van der Waals surface area contributed by atoms with Gasteiger partial charge in [-0.15, -0.1) is 6.58 Å². The Kier molecular flexibility index (Phi) is 4.29. The maximum atomic E-state index is 13.9. The van der Waals surface area contributed by atoms with Crippen LogP contribution in [-0.4, -0.2) is 34.4 Å². The average molecular weight is 338 g/mol. The number of aryl methyl sites for hydroxylation is 1. The molecule has 8 heteroatoms. The zero-order valence-electron chi connectivity index (χ0n) is 13.0. The molecule has 128 valence electrons. The van der Waals surface area contributed by atoms with Crippen molar-refractivity contribution in [2.24, 2.45) is 0 Å². The number of allylic oxidation sites excluding steroid dienone is 1. The fourth-order valence-corrected chi connectivity index (χ4v) is 2.85. The van der Waals surface area contributed by atoms with Crippen LogP contribution < -0.4 is 4.90 Å². The van der Waals surface area contributed by atoms with Crippen LogP contribution in [-0.2, 0) is 11.8 Å². The second-order valence-electron chi connectivity index (χ2n) is 5.78. The molecule has 1 aliphatic heterocycles. The van der Waals surface area contributed by atoms with Crippen LogP contribution in [0.3, 0.4) is 0 Å². The van der Waals surface area contributed by atoms with E-state index in [0.29, 0.717) is 18.7 Å². The van der Waals surface area contributed by atoms with Gasteiger partial charge in [-0.05, 0) is 25.0 Å². The number of hydrogen-bond acceptors (Lipinski definition) is 5. The van der Waals surface area contributed by atoms with Gasteiger partial charge < -0.3 is 9.42 Å². The standard InChI is InChI=1S/C16H17F3N4O/c1-2-3-6-12-21-14(24-22-12)15(16(17,18)19)8-10-23(11-15)13-7-4-5-9-20-13/h2,4-5,7,9H,1,3,6,8,10-11H2. The molecule has 0 spiro atoms. The highest BCUT2D eigenvalue weighted by molar-refractivity contribution is 5.42. The van der Waals surface area contributed by atoms with Crippen molar-refractivity contribution in [3.63, 3.8) is 0 Å². The predicted octanol–water partition coefficient (Wildman–Crippen LogP) is 3.29. The fourth-order valence-electron chi connectivity index (χ4n) is 2.85. The number of nitrogens with zero attached hydrogens (tertiary/aromatic N) is 4. The van der Waals surface area contributed by atoms with Crippen molar-refractivity contribution in [3.05, 3.63) is 48.8 Å². The highest BCUT2D eigenvalue weighted by Gasteiger charge is 2.63. The molecule has 0 amide bonds. The minimum Gasteiger partial charge on any atom is -0.355 e. The summed E-state index contributed by atoms with van der Waals surface area (Å²) in [6, 6.07) is 5.16. The van der Waals surface area contributed by atoms with Gasteiger partial charge in [0.15, 0.2) is 11.2 Å². The van der Waals surface area contributed by atoms with Crippen molar-refractivity contribution in [3.8, 4) is 0 Å². The van der Waals surface area contributed by atoms with Gasteiger partial charge in [0.05, 0.1) is 0 Å². The minimum atomic E-state index is -4.49. The lowest BCUT2D eigenvalue weighted by atomic mass is 9.86. The topological polar surface area (TPSA) is 55.1 Å². The normalized spacial score (nSPS) is 21.2. The van der Waals surface area contributed by atoms with Gasteiger partial charge in [-0.3, -0.25) is 0 Å². The molecule has 2 aromatic rings. The Balaban J connectivity index is 1.90. The molecule has 0 aliphatic carbocycles. The molecule has 1 atom stereocenters. The molecule has 0 aromatic carbocycles. The number of anilines is 1. The van der Waals surface area contributed by atoms with Crippen LogP contribution in [0.15, 0.2) is 41.6 Å². The number of aromatic nitrogens is 3. The van der Waals surface area contributed by atoms with Gasteiger partial charge in [-0.2, -0.15) is 18.2 Å². The minimum absolute atomic E-state index is 0.143. The highest BCUT2D eigenvalue weighted by atomic mass is 19.4. The maximum Gasteiger partial charge on any atom is 0.405 e. The molecule has 0 N–H and O–H groups in total. The smallest absolute Gasteiger partial charge is 0.355 e. The molecule has 5 nitrogen and oxygen atoms in total. The summed E-state index contributed by atoms with van der Waals surface area (Å²) in [5.41, 5.74) is -2.16. The van der Waals surface area contributed by atoms with Gasteiger partial charge in [-0.1, -0.05) is 17.3 Å². The summed E-state index contributed by atoms with van der Waals surface area (Å²) in [5, 5.41) is 3.69. The third kappa shape index (κ3) is 2.88. The molecule has 3 heterocycles. The van der Waals surface area contributed by atoms with Gasteiger partial charge in [0.2, 0.25) is 5.89 Å². The molecule has 2 aromatic heterocycles. The maximum absolute atomic E-state index is 13.9. The van der Waals surface area contributed by atoms with Crippen molar-refractivity contribution in [1.29, 1.82) is 0 Å². The van der Waals surface area contributed by atoms with Crippen molar-refractivity contribution in [1.82, 2.24) is 15.1 Å². The second kappa shape index (κ2) is 6.26. The summed E-state index contributed by atoms with van der Waals surface area (Å²) in [4.78, 5) is 9.73. The monoisotopic (exact) mass is 338 g/mol. The van der Waals surface area contributed by atoms with E-state index >= 15 is 0 Å². The van der Waals surface area contributed by atoms with Crippen molar-refractivity contribution >= 4 is 5.82 Å². The molecule has 24 heavy (non-hydrogen) atoms. The Morgan fingerprint density at radius 2 is 2.21 bits per heavy atom. The van der Waals surface area contributed by atoms with Crippen LogP contribution in [0, 0.1) is 0 Å². The van der Waals surface area contributed by atoms with Crippen LogP contribution >= 0.6 is 0 Å². The molecule has 1 aliphatic rings. The first-order chi connectivity index (χ1) is 11.5. The summed E-state index contributed by atoms with van der Waals surface area (Å²) in [6.07, 6.45) is -0.422. The first kappa shape index (κ1) is 16.5. The van der Waals surface area contributed by atoms with E-state index in [2.05, 4.69) is 21.7 Å². The molecule has 1 fully saturated rings. The number of rotatable bonds is 5. The van der Waals surface area contributed by atoms with E-state index in [-0.39, 0.29) is 31.2 Å². The lowest BCUT2D eigenvalue weighted by molar-refractivity contribution is -0.191. The lowest BCUT2D eigenvalue weighted by Crippen LogP contribution is -2.45. The van der Waals surface area contributed by atoms with Crippen LogP contribution in [0.5, 0.6) is 0 Å². The molecule has 3 rings (SSSR count). The third-order valence-corrected chi connectivity index (χ3v) is 4.23. The fraction of sp³-hybridized carbons (Fsp3) is 0.438. The Labute approximate surface area is 137 Å². The zero-order chi connectivity index (χ0) is 17.2. The van der Waals surface area contributed by atoms with Crippen LogP contribution in [0.1, 0.15) is 24.6 Å². The number of halogens is 3. The largest absolute Gasteiger partial charge is 0.405 e. The molecule has 0 bridgehead atoms. The van der Waals surface area contributed by atoms with E-state index in [1.165, 1.54) is 0 Å². The Morgan fingerprint density at radius 1 is 1.38 bits per heavy atom. The van der Waals surface area contributed by atoms with E-state index in [4.69, 9.17) is 4.52 Å². The summed E-state index contributed by atoms with van der Waals surface area (Å²) in [5.74, 6) is 0.410. The van der Waals surface area contributed by atoms with Gasteiger partial charge in [-0.25, -0.2) is 4.98 Å². The molecule has 0 saturated carbocycles. The lowest BCUT2D eigenvalue weighted by Gasteiger charge is -2.28. The van der Waals surface area contributed by atoms with Crippen molar-refractivity contribution in [2.45, 2.75) is 30.9 Å². The average Bonchev–Trinajstić information content (AvgIpc) is 3.21. The number of hydrogen-bond donors (Lipinski definition) is 0. The molecule has 1 unspecified atom stereocenters.